The number of methoxy groups -OCH3 is 3. The van der Waals surface area contributed by atoms with Crippen molar-refractivity contribution in [2.75, 3.05) is 34.5 Å². The Labute approximate surface area is 169 Å². The van der Waals surface area contributed by atoms with Crippen LogP contribution in [0.15, 0.2) is 17.1 Å². The lowest BCUT2D eigenvalue weighted by Crippen LogP contribution is -2.22. The van der Waals surface area contributed by atoms with Crippen LogP contribution >= 0.6 is 0 Å². The summed E-state index contributed by atoms with van der Waals surface area (Å²) >= 11 is 0. The first-order chi connectivity index (χ1) is 13.5. The van der Waals surface area contributed by atoms with Gasteiger partial charge in [0.2, 0.25) is 5.75 Å². The number of hydrogen-bond acceptors (Lipinski definition) is 8. The highest BCUT2D eigenvalue weighted by atomic mass is 32.3. The maximum Gasteiger partial charge on any atom is 0.394 e. The van der Waals surface area contributed by atoms with E-state index in [1.54, 1.807) is 12.1 Å². The van der Waals surface area contributed by atoms with Gasteiger partial charge in [0.1, 0.15) is 0 Å². The zero-order valence-electron chi connectivity index (χ0n) is 16.5. The molecule has 12 nitrogen and oxygen atoms in total. The first kappa shape index (κ1) is 26.2. The number of ether oxygens (including phenoxy) is 4. The fourth-order valence-corrected chi connectivity index (χ4v) is 2.05. The summed E-state index contributed by atoms with van der Waals surface area (Å²) in [7, 11) is -0.188. The molecule has 0 aromatic heterocycles. The molecule has 0 aliphatic carbocycles. The molecular weight excluding hydrogens is 410 g/mol. The van der Waals surface area contributed by atoms with Crippen LogP contribution < -0.4 is 25.7 Å². The van der Waals surface area contributed by atoms with Crippen LogP contribution in [0.2, 0.25) is 0 Å². The van der Waals surface area contributed by atoms with Gasteiger partial charge in [-0.25, -0.2) is 4.79 Å². The van der Waals surface area contributed by atoms with Crippen LogP contribution in [-0.4, -0.2) is 63.9 Å². The van der Waals surface area contributed by atoms with Crippen molar-refractivity contribution < 1.29 is 41.3 Å². The van der Waals surface area contributed by atoms with Gasteiger partial charge in [-0.05, 0) is 31.4 Å². The molecule has 0 fully saturated rings. The summed E-state index contributed by atoms with van der Waals surface area (Å²) in [5, 5.41) is 0. The molecule has 6 N–H and O–H groups in total. The van der Waals surface area contributed by atoms with Gasteiger partial charge < -0.3 is 30.4 Å². The van der Waals surface area contributed by atoms with E-state index in [2.05, 4.69) is 4.99 Å². The number of aliphatic imine (C=N–C) groups is 1. The van der Waals surface area contributed by atoms with Crippen molar-refractivity contribution in [2.24, 2.45) is 16.5 Å². The first-order valence-electron chi connectivity index (χ1n) is 8.25. The molecule has 0 amide bonds. The minimum Gasteiger partial charge on any atom is -0.493 e. The molecule has 0 bridgehead atoms. The van der Waals surface area contributed by atoms with Crippen molar-refractivity contribution in [3.8, 4) is 17.2 Å². The third kappa shape index (κ3) is 12.3. The molecule has 1 rings (SSSR count). The topological polar surface area (TPSA) is 193 Å². The van der Waals surface area contributed by atoms with Crippen LogP contribution in [-0.2, 0) is 15.1 Å². The van der Waals surface area contributed by atoms with E-state index in [0.29, 0.717) is 36.0 Å². The monoisotopic (exact) mass is 437 g/mol. The SMILES string of the molecule is COc1cc(C(=O)OCCCCCN=C(N)N)cc(OC)c1OC.O=S(=O)(O)O. The van der Waals surface area contributed by atoms with Gasteiger partial charge >= 0.3 is 16.4 Å². The highest BCUT2D eigenvalue weighted by Gasteiger charge is 2.17. The number of hydrogen-bond donors (Lipinski definition) is 4. The van der Waals surface area contributed by atoms with E-state index in [9.17, 15) is 4.79 Å². The molecule has 0 saturated heterocycles. The fourth-order valence-electron chi connectivity index (χ4n) is 2.05. The van der Waals surface area contributed by atoms with Crippen LogP contribution in [0.5, 0.6) is 17.2 Å². The van der Waals surface area contributed by atoms with Crippen molar-refractivity contribution in [1.82, 2.24) is 0 Å². The van der Waals surface area contributed by atoms with Crippen LogP contribution in [0.4, 0.5) is 0 Å². The highest BCUT2D eigenvalue weighted by molar-refractivity contribution is 7.79. The van der Waals surface area contributed by atoms with Gasteiger partial charge in [0.25, 0.3) is 0 Å². The predicted octanol–water partition coefficient (Wildman–Crippen LogP) is 0.660. The number of unbranched alkanes of at least 4 members (excludes halogenated alkanes) is 2. The maximum atomic E-state index is 12.1. The molecule has 1 aromatic rings. The van der Waals surface area contributed by atoms with E-state index in [1.165, 1.54) is 21.3 Å². The molecule has 29 heavy (non-hydrogen) atoms. The van der Waals surface area contributed by atoms with Gasteiger partial charge in [-0.2, -0.15) is 8.42 Å². The average Bonchev–Trinajstić information content (AvgIpc) is 2.64. The predicted molar refractivity (Wildman–Crippen MR) is 105 cm³/mol. The lowest BCUT2D eigenvalue weighted by atomic mass is 10.2. The Balaban J connectivity index is 0.00000139. The van der Waals surface area contributed by atoms with Crippen LogP contribution in [0, 0.1) is 0 Å². The molecular formula is C16H27N3O9S. The highest BCUT2D eigenvalue weighted by Crippen LogP contribution is 2.38. The Morgan fingerprint density at radius 3 is 1.93 bits per heavy atom. The second-order valence-electron chi connectivity index (χ2n) is 5.37. The zero-order chi connectivity index (χ0) is 22.4. The summed E-state index contributed by atoms with van der Waals surface area (Å²) in [6.07, 6.45) is 2.43. The second kappa shape index (κ2) is 13.4. The van der Waals surface area contributed by atoms with Crippen molar-refractivity contribution in [3.05, 3.63) is 17.7 Å². The Bertz CT molecular complexity index is 745. The number of nitrogens with two attached hydrogens (primary N) is 2. The minimum atomic E-state index is -4.67. The zero-order valence-corrected chi connectivity index (χ0v) is 17.3. The number of carbonyl (C=O) groups is 1. The van der Waals surface area contributed by atoms with E-state index >= 15 is 0 Å². The average molecular weight is 437 g/mol. The van der Waals surface area contributed by atoms with Gasteiger partial charge in [-0.3, -0.25) is 14.1 Å². The smallest absolute Gasteiger partial charge is 0.394 e. The summed E-state index contributed by atoms with van der Waals surface area (Å²) < 4.78 is 52.5. The van der Waals surface area contributed by atoms with E-state index in [4.69, 9.17) is 47.9 Å². The van der Waals surface area contributed by atoms with Gasteiger partial charge in [0.15, 0.2) is 17.5 Å². The van der Waals surface area contributed by atoms with E-state index in [0.717, 1.165) is 19.3 Å². The van der Waals surface area contributed by atoms with Gasteiger partial charge in [0, 0.05) is 6.54 Å². The van der Waals surface area contributed by atoms with Gasteiger partial charge in [0.05, 0.1) is 33.5 Å². The largest absolute Gasteiger partial charge is 0.493 e. The normalized spacial score (nSPS) is 10.2. The van der Waals surface area contributed by atoms with E-state index in [-0.39, 0.29) is 5.96 Å². The molecule has 0 unspecified atom stereocenters. The van der Waals surface area contributed by atoms with Gasteiger partial charge in [-0.1, -0.05) is 0 Å². The Morgan fingerprint density at radius 2 is 1.52 bits per heavy atom. The third-order valence-electron chi connectivity index (χ3n) is 3.23. The molecule has 0 atom stereocenters. The third-order valence-corrected chi connectivity index (χ3v) is 3.23. The van der Waals surface area contributed by atoms with Crippen LogP contribution in [0.25, 0.3) is 0 Å². The number of esters is 1. The second-order valence-corrected chi connectivity index (χ2v) is 6.26. The van der Waals surface area contributed by atoms with Crippen molar-refractivity contribution in [2.45, 2.75) is 19.3 Å². The van der Waals surface area contributed by atoms with Crippen molar-refractivity contribution in [3.63, 3.8) is 0 Å². The number of rotatable bonds is 10. The summed E-state index contributed by atoms with van der Waals surface area (Å²) in [6.45, 7) is 0.889. The molecule has 166 valence electrons. The maximum absolute atomic E-state index is 12.1. The molecule has 0 saturated carbocycles. The lowest BCUT2D eigenvalue weighted by Gasteiger charge is -2.13. The van der Waals surface area contributed by atoms with Crippen LogP contribution in [0.3, 0.4) is 0 Å². The number of nitrogens with zero attached hydrogens (tertiary/aromatic N) is 1. The van der Waals surface area contributed by atoms with E-state index < -0.39 is 16.4 Å². The molecule has 13 heteroatoms. The molecule has 0 aliphatic rings. The summed E-state index contributed by atoms with van der Waals surface area (Å²) in [4.78, 5) is 16.0. The summed E-state index contributed by atoms with van der Waals surface area (Å²) in [5.41, 5.74) is 10.8. The molecule has 0 radical (unpaired) electrons. The summed E-state index contributed by atoms with van der Waals surface area (Å²) in [5.74, 6) is 0.876. The Kier molecular flexibility index (Phi) is 12.1. The fraction of sp³-hybridized carbons (Fsp3) is 0.500. The lowest BCUT2D eigenvalue weighted by molar-refractivity contribution is 0.0497. The van der Waals surface area contributed by atoms with E-state index in [1.807, 2.05) is 0 Å². The van der Waals surface area contributed by atoms with Crippen molar-refractivity contribution in [1.29, 1.82) is 0 Å². The number of carbonyl (C=O) groups excluding carboxylic acids is 1. The number of guanidine groups is 1. The molecule has 0 spiro atoms. The Morgan fingerprint density at radius 1 is 1.00 bits per heavy atom. The van der Waals surface area contributed by atoms with Crippen LogP contribution in [0.1, 0.15) is 29.6 Å². The quantitative estimate of drug-likeness (QED) is 0.132. The Hall–Kier alpha value is -2.77. The minimum absolute atomic E-state index is 0.0869. The first-order valence-corrected chi connectivity index (χ1v) is 9.65. The molecule has 0 aliphatic heterocycles. The number of benzene rings is 1. The molecule has 0 heterocycles. The molecule has 1 aromatic carbocycles. The standard InChI is InChI=1S/C16H25N3O5.H2O4S/c1-21-12-9-11(10-13(22-2)14(12)23-3)15(20)24-8-6-4-5-7-19-16(17)18;1-5(2,3)4/h9-10H,4-8H2,1-3H3,(H4,17,18,19);(H2,1,2,3,4). The summed E-state index contributed by atoms with van der Waals surface area (Å²) in [6, 6.07) is 3.12. The van der Waals surface area contributed by atoms with Crippen molar-refractivity contribution >= 4 is 22.3 Å². The van der Waals surface area contributed by atoms with Gasteiger partial charge in [-0.15, -0.1) is 0 Å².